The minimum absolute atomic E-state index is 0.872. The summed E-state index contributed by atoms with van der Waals surface area (Å²) in [6, 6.07) is 45.9. The molecule has 168 valence electrons. The van der Waals surface area contributed by atoms with Gasteiger partial charge in [-0.25, -0.2) is 0 Å². The zero-order valence-corrected chi connectivity index (χ0v) is 19.7. The summed E-state index contributed by atoms with van der Waals surface area (Å²) < 4.78 is 9.57. The number of fused-ring (bicyclic) bond motifs is 1. The molecule has 0 saturated carbocycles. The van der Waals surface area contributed by atoms with Crippen molar-refractivity contribution in [1.29, 1.82) is 0 Å². The van der Waals surface area contributed by atoms with Crippen LogP contribution in [0.15, 0.2) is 133 Å². The Kier molecular flexibility index (Phi) is 5.67. The Morgan fingerprint density at radius 2 is 0.657 bits per heavy atom. The van der Waals surface area contributed by atoms with Crippen molar-refractivity contribution in [2.75, 3.05) is 9.80 Å². The first-order valence-electron chi connectivity index (χ1n) is 11.5. The third kappa shape index (κ3) is 4.03. The van der Waals surface area contributed by atoms with E-state index in [-0.39, 0.29) is 0 Å². The molecule has 0 saturated heterocycles. The first-order valence-corrected chi connectivity index (χ1v) is 12.2. The number of benzene rings is 5. The van der Waals surface area contributed by atoms with E-state index in [0.29, 0.717) is 0 Å². The van der Waals surface area contributed by atoms with Crippen molar-refractivity contribution in [2.24, 2.45) is 0 Å². The molecule has 5 heteroatoms. The van der Waals surface area contributed by atoms with Gasteiger partial charge in [-0.2, -0.15) is 8.75 Å². The van der Waals surface area contributed by atoms with E-state index in [1.165, 1.54) is 11.7 Å². The normalized spacial score (nSPS) is 10.9. The van der Waals surface area contributed by atoms with Crippen LogP contribution >= 0.6 is 11.7 Å². The molecule has 6 aromatic rings. The lowest BCUT2D eigenvalue weighted by molar-refractivity contribution is 1.27. The Balaban J connectivity index is 1.57. The molecule has 1 aromatic heterocycles. The molecule has 0 bridgehead atoms. The quantitative estimate of drug-likeness (QED) is 0.244. The van der Waals surface area contributed by atoms with Crippen LogP contribution in [-0.2, 0) is 0 Å². The van der Waals surface area contributed by atoms with Gasteiger partial charge in [0.05, 0.1) is 23.1 Å². The first-order chi connectivity index (χ1) is 17.4. The van der Waals surface area contributed by atoms with Crippen LogP contribution in [0.3, 0.4) is 0 Å². The van der Waals surface area contributed by atoms with Crippen molar-refractivity contribution in [3.63, 3.8) is 0 Å². The monoisotopic (exact) mass is 470 g/mol. The fraction of sp³-hybridized carbons (Fsp3) is 0. The van der Waals surface area contributed by atoms with E-state index in [9.17, 15) is 0 Å². The van der Waals surface area contributed by atoms with Crippen LogP contribution in [0, 0.1) is 0 Å². The highest BCUT2D eigenvalue weighted by molar-refractivity contribution is 7.00. The number of hydrogen-bond donors (Lipinski definition) is 0. The van der Waals surface area contributed by atoms with Gasteiger partial charge in [0.1, 0.15) is 11.0 Å². The smallest absolute Gasteiger partial charge is 0.130 e. The van der Waals surface area contributed by atoms with Gasteiger partial charge in [0.25, 0.3) is 0 Å². The zero-order valence-electron chi connectivity index (χ0n) is 18.9. The van der Waals surface area contributed by atoms with Crippen LogP contribution < -0.4 is 9.80 Å². The molecule has 35 heavy (non-hydrogen) atoms. The highest BCUT2D eigenvalue weighted by Crippen LogP contribution is 2.44. The lowest BCUT2D eigenvalue weighted by Crippen LogP contribution is -2.13. The molecule has 4 nitrogen and oxygen atoms in total. The van der Waals surface area contributed by atoms with E-state index in [4.69, 9.17) is 8.75 Å². The predicted octanol–water partition coefficient (Wildman–Crippen LogP) is 8.63. The topological polar surface area (TPSA) is 32.3 Å². The SMILES string of the molecule is c1ccc(N(c2ccccc2)c2ccc(N(c3ccccc3)c3ccccc3)c3nsnc23)cc1. The number of aromatic nitrogens is 2. The Bertz CT molecular complexity index is 1340. The average Bonchev–Trinajstić information content (AvgIpc) is 3.43. The second kappa shape index (κ2) is 9.41. The average molecular weight is 471 g/mol. The summed E-state index contributed by atoms with van der Waals surface area (Å²) in [6.45, 7) is 0. The van der Waals surface area contributed by atoms with Crippen LogP contribution in [0.4, 0.5) is 34.1 Å². The summed E-state index contributed by atoms with van der Waals surface area (Å²) in [5.41, 5.74) is 8.03. The van der Waals surface area contributed by atoms with Crippen molar-refractivity contribution < 1.29 is 0 Å². The van der Waals surface area contributed by atoms with Gasteiger partial charge in [-0.1, -0.05) is 72.8 Å². The highest BCUT2D eigenvalue weighted by Gasteiger charge is 2.22. The molecule has 1 heterocycles. The lowest BCUT2D eigenvalue weighted by atomic mass is 10.1. The summed E-state index contributed by atoms with van der Waals surface area (Å²) in [5.74, 6) is 0. The minimum Gasteiger partial charge on any atom is -0.308 e. The Morgan fingerprint density at radius 1 is 0.371 bits per heavy atom. The minimum atomic E-state index is 0.872. The van der Waals surface area contributed by atoms with Crippen molar-refractivity contribution in [1.82, 2.24) is 8.75 Å². The van der Waals surface area contributed by atoms with E-state index >= 15 is 0 Å². The molecular formula is C30H22N4S. The number of nitrogens with zero attached hydrogens (tertiary/aromatic N) is 4. The van der Waals surface area contributed by atoms with Crippen LogP contribution in [0.1, 0.15) is 0 Å². The highest BCUT2D eigenvalue weighted by atomic mass is 32.1. The molecule has 5 aromatic carbocycles. The number of para-hydroxylation sites is 4. The van der Waals surface area contributed by atoms with E-state index in [0.717, 1.165) is 45.2 Å². The first kappa shape index (κ1) is 21.1. The molecule has 0 amide bonds. The summed E-state index contributed by atoms with van der Waals surface area (Å²) in [6.07, 6.45) is 0. The van der Waals surface area contributed by atoms with Gasteiger partial charge in [0.15, 0.2) is 0 Å². The van der Waals surface area contributed by atoms with Gasteiger partial charge in [-0.15, -0.1) is 0 Å². The third-order valence-corrected chi connectivity index (χ3v) is 6.44. The van der Waals surface area contributed by atoms with Gasteiger partial charge in [0.2, 0.25) is 0 Å². The van der Waals surface area contributed by atoms with E-state index in [1.54, 1.807) is 0 Å². The molecule has 0 aliphatic rings. The second-order valence-electron chi connectivity index (χ2n) is 8.08. The molecule has 0 atom stereocenters. The Labute approximate surface area is 208 Å². The molecule has 0 aliphatic carbocycles. The third-order valence-electron chi connectivity index (χ3n) is 5.91. The van der Waals surface area contributed by atoms with Crippen LogP contribution in [-0.4, -0.2) is 8.75 Å². The van der Waals surface area contributed by atoms with E-state index in [2.05, 4.69) is 119 Å². The molecule has 0 unspecified atom stereocenters. The largest absolute Gasteiger partial charge is 0.308 e. The summed E-state index contributed by atoms with van der Waals surface area (Å²) in [4.78, 5) is 4.48. The molecule has 0 aliphatic heterocycles. The maximum absolute atomic E-state index is 4.78. The molecule has 0 fully saturated rings. The fourth-order valence-electron chi connectivity index (χ4n) is 4.36. The van der Waals surface area contributed by atoms with Gasteiger partial charge in [-0.05, 0) is 60.7 Å². The summed E-state index contributed by atoms with van der Waals surface area (Å²) in [7, 11) is 0. The summed E-state index contributed by atoms with van der Waals surface area (Å²) in [5, 5.41) is 0. The van der Waals surface area contributed by atoms with E-state index < -0.39 is 0 Å². The zero-order chi connectivity index (χ0) is 23.5. The van der Waals surface area contributed by atoms with Gasteiger partial charge >= 0.3 is 0 Å². The maximum atomic E-state index is 4.78. The van der Waals surface area contributed by atoms with Crippen LogP contribution in [0.2, 0.25) is 0 Å². The van der Waals surface area contributed by atoms with Gasteiger partial charge in [-0.3, -0.25) is 0 Å². The van der Waals surface area contributed by atoms with Gasteiger partial charge < -0.3 is 9.80 Å². The number of anilines is 6. The van der Waals surface area contributed by atoms with Crippen molar-refractivity contribution in [3.8, 4) is 0 Å². The fourth-order valence-corrected chi connectivity index (χ4v) is 4.93. The molecule has 0 radical (unpaired) electrons. The molecule has 0 N–H and O–H groups in total. The maximum Gasteiger partial charge on any atom is 0.130 e. The molecular weight excluding hydrogens is 448 g/mol. The standard InChI is InChI=1S/C30H22N4S/c1-5-13-23(14-6-1)33(24-15-7-2-8-16-24)27-21-22-28(30-29(27)31-35-32-30)34(25-17-9-3-10-18-25)26-19-11-4-12-20-26/h1-22H. The second-order valence-corrected chi connectivity index (χ2v) is 8.61. The lowest BCUT2D eigenvalue weighted by Gasteiger charge is -2.28. The van der Waals surface area contributed by atoms with Crippen LogP contribution in [0.25, 0.3) is 11.0 Å². The van der Waals surface area contributed by atoms with Crippen molar-refractivity contribution in [2.45, 2.75) is 0 Å². The predicted molar refractivity (Wildman–Crippen MR) is 147 cm³/mol. The Hall–Kier alpha value is -4.48. The van der Waals surface area contributed by atoms with Crippen molar-refractivity contribution >= 4 is 56.9 Å². The van der Waals surface area contributed by atoms with Crippen molar-refractivity contribution in [3.05, 3.63) is 133 Å². The van der Waals surface area contributed by atoms with Crippen LogP contribution in [0.5, 0.6) is 0 Å². The Morgan fingerprint density at radius 3 is 0.943 bits per heavy atom. The number of rotatable bonds is 6. The molecule has 6 rings (SSSR count). The van der Waals surface area contributed by atoms with Gasteiger partial charge in [0, 0.05) is 22.7 Å². The number of hydrogen-bond acceptors (Lipinski definition) is 5. The molecule has 0 spiro atoms. The summed E-state index contributed by atoms with van der Waals surface area (Å²) >= 11 is 1.24. The van der Waals surface area contributed by atoms with E-state index in [1.807, 2.05) is 24.3 Å².